The van der Waals surface area contributed by atoms with Crippen LogP contribution in [0.2, 0.25) is 5.02 Å². The van der Waals surface area contributed by atoms with Crippen LogP contribution in [-0.2, 0) is 6.54 Å². The molecule has 0 aliphatic rings. The molecule has 4 nitrogen and oxygen atoms in total. The van der Waals surface area contributed by atoms with Crippen molar-refractivity contribution in [1.82, 2.24) is 5.32 Å². The Bertz CT molecular complexity index is 457. The summed E-state index contributed by atoms with van der Waals surface area (Å²) < 4.78 is 10.4. The molecule has 1 rings (SSSR count). The molecular formula is C14H19ClN2O2. The van der Waals surface area contributed by atoms with Crippen LogP contribution in [-0.4, -0.2) is 20.3 Å². The molecule has 0 aromatic heterocycles. The molecule has 0 spiro atoms. The Balaban J connectivity index is 2.79. The maximum Gasteiger partial charge on any atom is 0.179 e. The van der Waals surface area contributed by atoms with Crippen LogP contribution >= 0.6 is 11.6 Å². The fourth-order valence-electron chi connectivity index (χ4n) is 1.81. The molecule has 0 bridgehead atoms. The number of nitrogens with one attached hydrogen (secondary N) is 1. The van der Waals surface area contributed by atoms with Crippen LogP contribution in [0.4, 0.5) is 0 Å². The summed E-state index contributed by atoms with van der Waals surface area (Å²) in [6.45, 7) is 2.69. The quantitative estimate of drug-likeness (QED) is 0.835. The first-order chi connectivity index (χ1) is 9.15. The molecule has 0 amide bonds. The summed E-state index contributed by atoms with van der Waals surface area (Å²) in [7, 11) is 3.14. The van der Waals surface area contributed by atoms with Crippen molar-refractivity contribution in [3.63, 3.8) is 0 Å². The lowest BCUT2D eigenvalue weighted by atomic mass is 10.1. The van der Waals surface area contributed by atoms with Gasteiger partial charge in [0.25, 0.3) is 0 Å². The monoisotopic (exact) mass is 282 g/mol. The van der Waals surface area contributed by atoms with E-state index in [1.54, 1.807) is 14.2 Å². The van der Waals surface area contributed by atoms with Gasteiger partial charge in [-0.15, -0.1) is 0 Å². The zero-order valence-corrected chi connectivity index (χ0v) is 12.3. The molecule has 1 atom stereocenters. The fraction of sp³-hybridized carbons (Fsp3) is 0.500. The van der Waals surface area contributed by atoms with Crippen LogP contribution in [0.1, 0.15) is 25.3 Å². The summed E-state index contributed by atoms with van der Waals surface area (Å²) in [5.74, 6) is 1.15. The molecule has 19 heavy (non-hydrogen) atoms. The van der Waals surface area contributed by atoms with Crippen LogP contribution in [0.5, 0.6) is 11.5 Å². The lowest BCUT2D eigenvalue weighted by molar-refractivity contribution is 0.354. The van der Waals surface area contributed by atoms with Crippen molar-refractivity contribution in [2.45, 2.75) is 32.4 Å². The molecule has 0 aliphatic carbocycles. The molecule has 0 aliphatic heterocycles. The highest BCUT2D eigenvalue weighted by molar-refractivity contribution is 6.32. The van der Waals surface area contributed by atoms with Crippen LogP contribution in [0.25, 0.3) is 0 Å². The summed E-state index contributed by atoms with van der Waals surface area (Å²) in [6, 6.07) is 6.09. The highest BCUT2D eigenvalue weighted by Crippen LogP contribution is 2.35. The molecule has 0 heterocycles. The average molecular weight is 283 g/mol. The number of ether oxygens (including phenoxy) is 2. The van der Waals surface area contributed by atoms with Crippen LogP contribution in [0, 0.1) is 11.3 Å². The smallest absolute Gasteiger partial charge is 0.179 e. The van der Waals surface area contributed by atoms with Gasteiger partial charge in [0.1, 0.15) is 0 Å². The molecule has 1 N–H and O–H groups in total. The van der Waals surface area contributed by atoms with Gasteiger partial charge in [0, 0.05) is 12.6 Å². The highest BCUT2D eigenvalue weighted by atomic mass is 35.5. The average Bonchev–Trinajstić information content (AvgIpc) is 2.42. The van der Waals surface area contributed by atoms with Crippen LogP contribution in [0.15, 0.2) is 12.1 Å². The van der Waals surface area contributed by atoms with Crippen molar-refractivity contribution in [3.05, 3.63) is 22.7 Å². The highest BCUT2D eigenvalue weighted by Gasteiger charge is 2.12. The molecule has 104 valence electrons. The van der Waals surface area contributed by atoms with Crippen molar-refractivity contribution in [1.29, 1.82) is 5.26 Å². The SMILES string of the molecule is CCC(CC#N)NCc1cc(Cl)c(OC)c(OC)c1. The third-order valence-corrected chi connectivity index (χ3v) is 3.20. The van der Waals surface area contributed by atoms with Crippen LogP contribution < -0.4 is 14.8 Å². The number of nitriles is 1. The van der Waals surface area contributed by atoms with E-state index in [2.05, 4.69) is 18.3 Å². The topological polar surface area (TPSA) is 54.3 Å². The summed E-state index contributed by atoms with van der Waals surface area (Å²) >= 11 is 6.14. The zero-order chi connectivity index (χ0) is 14.3. The molecule has 0 fully saturated rings. The summed E-state index contributed by atoms with van der Waals surface area (Å²) in [5.41, 5.74) is 0.999. The minimum atomic E-state index is 0.192. The number of hydrogen-bond donors (Lipinski definition) is 1. The lowest BCUT2D eigenvalue weighted by Gasteiger charge is -2.15. The van der Waals surface area contributed by atoms with E-state index >= 15 is 0 Å². The van der Waals surface area contributed by atoms with Crippen molar-refractivity contribution in [2.75, 3.05) is 14.2 Å². The second kappa shape index (κ2) is 7.88. The normalized spacial score (nSPS) is 11.7. The number of rotatable bonds is 7. The van der Waals surface area contributed by atoms with Gasteiger partial charge in [0.15, 0.2) is 11.5 Å². The molecule has 1 unspecified atom stereocenters. The number of benzene rings is 1. The minimum absolute atomic E-state index is 0.192. The first-order valence-corrected chi connectivity index (χ1v) is 6.54. The van der Waals surface area contributed by atoms with Gasteiger partial charge in [-0.25, -0.2) is 0 Å². The molecule has 5 heteroatoms. The van der Waals surface area contributed by atoms with E-state index in [1.165, 1.54) is 0 Å². The molecule has 0 saturated heterocycles. The van der Waals surface area contributed by atoms with E-state index in [-0.39, 0.29) is 6.04 Å². The van der Waals surface area contributed by atoms with Gasteiger partial charge in [-0.2, -0.15) is 5.26 Å². The van der Waals surface area contributed by atoms with Gasteiger partial charge in [-0.1, -0.05) is 18.5 Å². The molecule has 0 radical (unpaired) electrons. The predicted octanol–water partition coefficient (Wildman–Crippen LogP) is 3.14. The second-order valence-electron chi connectivity index (χ2n) is 4.16. The van der Waals surface area contributed by atoms with Crippen molar-refractivity contribution < 1.29 is 9.47 Å². The minimum Gasteiger partial charge on any atom is -0.493 e. The zero-order valence-electron chi connectivity index (χ0n) is 11.5. The van der Waals surface area contributed by atoms with Gasteiger partial charge < -0.3 is 14.8 Å². The molecule has 1 aromatic rings. The summed E-state index contributed by atoms with van der Waals surface area (Å²) in [5, 5.41) is 12.6. The Morgan fingerprint density at radius 3 is 2.63 bits per heavy atom. The number of halogens is 1. The first-order valence-electron chi connectivity index (χ1n) is 6.16. The molecule has 1 aromatic carbocycles. The van der Waals surface area contributed by atoms with E-state index in [0.717, 1.165) is 12.0 Å². The summed E-state index contributed by atoms with van der Waals surface area (Å²) in [4.78, 5) is 0. The Morgan fingerprint density at radius 2 is 2.11 bits per heavy atom. The predicted molar refractivity (Wildman–Crippen MR) is 75.7 cm³/mol. The summed E-state index contributed by atoms with van der Waals surface area (Å²) in [6.07, 6.45) is 1.41. The number of hydrogen-bond acceptors (Lipinski definition) is 4. The van der Waals surface area contributed by atoms with Crippen molar-refractivity contribution >= 4 is 11.6 Å². The van der Waals surface area contributed by atoms with E-state index in [9.17, 15) is 0 Å². The molecular weight excluding hydrogens is 264 g/mol. The number of methoxy groups -OCH3 is 2. The third kappa shape index (κ3) is 4.30. The van der Waals surface area contributed by atoms with E-state index in [4.69, 9.17) is 26.3 Å². The number of nitrogens with zero attached hydrogens (tertiary/aromatic N) is 1. The fourth-order valence-corrected chi connectivity index (χ4v) is 2.12. The largest absolute Gasteiger partial charge is 0.493 e. The molecule has 0 saturated carbocycles. The maximum absolute atomic E-state index is 8.71. The Hall–Kier alpha value is -1.44. The van der Waals surface area contributed by atoms with Crippen molar-refractivity contribution in [2.24, 2.45) is 0 Å². The van der Waals surface area contributed by atoms with Crippen LogP contribution in [0.3, 0.4) is 0 Å². The standard InChI is InChI=1S/C14H19ClN2O2/c1-4-11(5-6-16)17-9-10-7-12(15)14(19-3)13(8-10)18-2/h7-8,11,17H,4-5,9H2,1-3H3. The van der Waals surface area contributed by atoms with Gasteiger partial charge in [0.05, 0.1) is 31.7 Å². The second-order valence-corrected chi connectivity index (χ2v) is 4.57. The van der Waals surface area contributed by atoms with Gasteiger partial charge in [-0.05, 0) is 24.1 Å². The lowest BCUT2D eigenvalue weighted by Crippen LogP contribution is -2.27. The Morgan fingerprint density at radius 1 is 1.37 bits per heavy atom. The Kier molecular flexibility index (Phi) is 6.48. The maximum atomic E-state index is 8.71. The van der Waals surface area contributed by atoms with E-state index in [0.29, 0.717) is 29.5 Å². The Labute approximate surface area is 119 Å². The first kappa shape index (κ1) is 15.6. The van der Waals surface area contributed by atoms with E-state index in [1.807, 2.05) is 12.1 Å². The van der Waals surface area contributed by atoms with Gasteiger partial charge >= 0.3 is 0 Å². The van der Waals surface area contributed by atoms with E-state index < -0.39 is 0 Å². The van der Waals surface area contributed by atoms with Gasteiger partial charge in [-0.3, -0.25) is 0 Å². The third-order valence-electron chi connectivity index (χ3n) is 2.92. The van der Waals surface area contributed by atoms with Crippen molar-refractivity contribution in [3.8, 4) is 17.6 Å². The van der Waals surface area contributed by atoms with Gasteiger partial charge in [0.2, 0.25) is 0 Å².